The lowest BCUT2D eigenvalue weighted by Crippen LogP contribution is -2.16. The highest BCUT2D eigenvalue weighted by molar-refractivity contribution is 5.93. The van der Waals surface area contributed by atoms with Gasteiger partial charge in [-0.3, -0.25) is 0 Å². The molecule has 4 heteroatoms. The van der Waals surface area contributed by atoms with E-state index in [2.05, 4.69) is 0 Å². The lowest BCUT2D eigenvalue weighted by molar-refractivity contribution is 0.0461. The van der Waals surface area contributed by atoms with Crippen LogP contribution in [-0.2, 0) is 4.74 Å². The van der Waals surface area contributed by atoms with Gasteiger partial charge in [0, 0.05) is 11.8 Å². The van der Waals surface area contributed by atoms with E-state index >= 15 is 0 Å². The van der Waals surface area contributed by atoms with Crippen molar-refractivity contribution < 1.29 is 14.3 Å². The summed E-state index contributed by atoms with van der Waals surface area (Å²) in [6, 6.07) is 4.94. The number of nitrogens with two attached hydrogens (primary N) is 1. The molecule has 2 N–H and O–H groups in total. The largest absolute Gasteiger partial charge is 0.496 e. The van der Waals surface area contributed by atoms with Gasteiger partial charge in [-0.1, -0.05) is 19.3 Å². The Bertz CT molecular complexity index is 427. The molecule has 0 radical (unpaired) electrons. The first kappa shape index (κ1) is 12.7. The molecule has 1 aliphatic carbocycles. The van der Waals surface area contributed by atoms with Crippen LogP contribution < -0.4 is 10.5 Å². The Labute approximate surface area is 107 Å². The molecule has 1 aromatic rings. The van der Waals surface area contributed by atoms with Gasteiger partial charge in [0.1, 0.15) is 11.3 Å². The van der Waals surface area contributed by atoms with Crippen LogP contribution >= 0.6 is 0 Å². The van der Waals surface area contributed by atoms with Crippen LogP contribution in [0.2, 0.25) is 0 Å². The van der Waals surface area contributed by atoms with E-state index in [0.29, 0.717) is 23.6 Å². The number of ether oxygens (including phenoxy) is 2. The van der Waals surface area contributed by atoms with Gasteiger partial charge in [0.2, 0.25) is 0 Å². The van der Waals surface area contributed by atoms with Crippen molar-refractivity contribution in [2.45, 2.75) is 25.7 Å². The molecule has 1 aromatic carbocycles. The predicted octanol–water partition coefficient (Wildman–Crippen LogP) is 2.62. The van der Waals surface area contributed by atoms with Crippen molar-refractivity contribution in [3.8, 4) is 5.75 Å². The van der Waals surface area contributed by atoms with E-state index in [0.717, 1.165) is 12.3 Å². The summed E-state index contributed by atoms with van der Waals surface area (Å²) in [5.41, 5.74) is 6.63. The van der Waals surface area contributed by atoms with Gasteiger partial charge in [-0.25, -0.2) is 4.79 Å². The monoisotopic (exact) mass is 249 g/mol. The highest BCUT2D eigenvalue weighted by Crippen LogP contribution is 2.29. The molecule has 0 saturated heterocycles. The Morgan fingerprint density at radius 2 is 2.22 bits per heavy atom. The molecule has 1 aliphatic rings. The smallest absolute Gasteiger partial charge is 0.341 e. The van der Waals surface area contributed by atoms with Gasteiger partial charge < -0.3 is 15.2 Å². The Balaban J connectivity index is 1.90. The highest BCUT2D eigenvalue weighted by Gasteiger charge is 2.19. The van der Waals surface area contributed by atoms with Crippen molar-refractivity contribution in [2.24, 2.45) is 5.92 Å². The van der Waals surface area contributed by atoms with Crippen LogP contribution in [0.1, 0.15) is 36.0 Å². The van der Waals surface area contributed by atoms with E-state index in [-0.39, 0.29) is 5.97 Å². The van der Waals surface area contributed by atoms with Gasteiger partial charge in [0.15, 0.2) is 0 Å². The summed E-state index contributed by atoms with van der Waals surface area (Å²) in [6.07, 6.45) is 4.80. The summed E-state index contributed by atoms with van der Waals surface area (Å²) < 4.78 is 10.4. The molecule has 2 rings (SSSR count). The van der Waals surface area contributed by atoms with E-state index in [9.17, 15) is 4.79 Å². The van der Waals surface area contributed by atoms with E-state index in [1.165, 1.54) is 26.4 Å². The number of hydrogen-bond donors (Lipinski definition) is 1. The third-order valence-electron chi connectivity index (χ3n) is 3.43. The van der Waals surface area contributed by atoms with Crippen molar-refractivity contribution in [2.75, 3.05) is 19.5 Å². The maximum absolute atomic E-state index is 11.9. The minimum Gasteiger partial charge on any atom is -0.496 e. The summed E-state index contributed by atoms with van der Waals surface area (Å²) in [5, 5.41) is 0. The normalized spacial score (nSPS) is 14.9. The number of carbonyl (C=O) groups is 1. The number of nitrogen functional groups attached to an aromatic ring is 1. The fraction of sp³-hybridized carbons (Fsp3) is 0.500. The topological polar surface area (TPSA) is 61.5 Å². The minimum atomic E-state index is -0.342. The molecule has 0 spiro atoms. The quantitative estimate of drug-likeness (QED) is 0.643. The third-order valence-corrected chi connectivity index (χ3v) is 3.43. The number of esters is 1. The molecule has 1 saturated carbocycles. The summed E-state index contributed by atoms with van der Waals surface area (Å²) in [6.45, 7) is 0.483. The number of hydrogen-bond acceptors (Lipinski definition) is 4. The lowest BCUT2D eigenvalue weighted by Gasteiger charge is -2.24. The van der Waals surface area contributed by atoms with Gasteiger partial charge >= 0.3 is 5.97 Å². The first-order chi connectivity index (χ1) is 8.70. The SMILES string of the molecule is COc1cc(N)ccc1C(=O)OCCC1CCC1. The molecule has 98 valence electrons. The van der Waals surface area contributed by atoms with E-state index in [4.69, 9.17) is 15.2 Å². The molecule has 0 unspecified atom stereocenters. The van der Waals surface area contributed by atoms with E-state index in [1.54, 1.807) is 18.2 Å². The maximum atomic E-state index is 11.9. The third kappa shape index (κ3) is 2.94. The molecule has 18 heavy (non-hydrogen) atoms. The fourth-order valence-electron chi connectivity index (χ4n) is 2.05. The summed E-state index contributed by atoms with van der Waals surface area (Å²) >= 11 is 0. The summed E-state index contributed by atoms with van der Waals surface area (Å²) in [5.74, 6) is 0.862. The van der Waals surface area contributed by atoms with Crippen molar-refractivity contribution in [1.82, 2.24) is 0 Å². The van der Waals surface area contributed by atoms with E-state index < -0.39 is 0 Å². The highest BCUT2D eigenvalue weighted by atomic mass is 16.5. The zero-order chi connectivity index (χ0) is 13.0. The van der Waals surface area contributed by atoms with Crippen LogP contribution in [-0.4, -0.2) is 19.7 Å². The Kier molecular flexibility index (Phi) is 4.07. The number of carbonyl (C=O) groups excluding carboxylic acids is 1. The Morgan fingerprint density at radius 3 is 2.83 bits per heavy atom. The maximum Gasteiger partial charge on any atom is 0.341 e. The molecule has 0 aromatic heterocycles. The van der Waals surface area contributed by atoms with Gasteiger partial charge in [0.25, 0.3) is 0 Å². The zero-order valence-electron chi connectivity index (χ0n) is 10.6. The second-order valence-corrected chi connectivity index (χ2v) is 4.68. The standard InChI is InChI=1S/C14H19NO3/c1-17-13-9-11(15)5-6-12(13)14(16)18-8-7-10-3-2-4-10/h5-6,9-10H,2-4,7-8,15H2,1H3. The predicted molar refractivity (Wildman–Crippen MR) is 69.6 cm³/mol. The number of anilines is 1. The number of methoxy groups -OCH3 is 1. The van der Waals surface area contributed by atoms with Crippen molar-refractivity contribution >= 4 is 11.7 Å². The molecule has 0 atom stereocenters. The zero-order valence-corrected chi connectivity index (χ0v) is 10.6. The van der Waals surface area contributed by atoms with Gasteiger partial charge in [-0.05, 0) is 24.5 Å². The molecular formula is C14H19NO3. The van der Waals surface area contributed by atoms with Crippen molar-refractivity contribution in [1.29, 1.82) is 0 Å². The van der Waals surface area contributed by atoms with Crippen LogP contribution in [0.25, 0.3) is 0 Å². The van der Waals surface area contributed by atoms with Gasteiger partial charge in [-0.15, -0.1) is 0 Å². The van der Waals surface area contributed by atoms with Gasteiger partial charge in [-0.2, -0.15) is 0 Å². The van der Waals surface area contributed by atoms with Crippen LogP contribution in [0.4, 0.5) is 5.69 Å². The Hall–Kier alpha value is -1.71. The van der Waals surface area contributed by atoms with Crippen molar-refractivity contribution in [3.05, 3.63) is 23.8 Å². The molecule has 4 nitrogen and oxygen atoms in total. The molecule has 1 fully saturated rings. The summed E-state index contributed by atoms with van der Waals surface area (Å²) in [4.78, 5) is 11.9. The van der Waals surface area contributed by atoms with E-state index in [1.807, 2.05) is 0 Å². The molecule has 0 bridgehead atoms. The molecular weight excluding hydrogens is 230 g/mol. The van der Waals surface area contributed by atoms with Crippen LogP contribution in [0.15, 0.2) is 18.2 Å². The number of benzene rings is 1. The average molecular weight is 249 g/mol. The minimum absolute atomic E-state index is 0.342. The molecule has 0 amide bonds. The summed E-state index contributed by atoms with van der Waals surface area (Å²) in [7, 11) is 1.51. The number of rotatable bonds is 5. The van der Waals surface area contributed by atoms with Crippen LogP contribution in [0, 0.1) is 5.92 Å². The second-order valence-electron chi connectivity index (χ2n) is 4.68. The van der Waals surface area contributed by atoms with Crippen molar-refractivity contribution in [3.63, 3.8) is 0 Å². The lowest BCUT2D eigenvalue weighted by atomic mass is 9.83. The van der Waals surface area contributed by atoms with Gasteiger partial charge in [0.05, 0.1) is 13.7 Å². The molecule has 0 aliphatic heterocycles. The fourth-order valence-corrected chi connectivity index (χ4v) is 2.05. The second kappa shape index (κ2) is 5.76. The molecule has 0 heterocycles. The average Bonchev–Trinajstić information content (AvgIpc) is 2.31. The first-order valence-electron chi connectivity index (χ1n) is 6.31. The Morgan fingerprint density at radius 1 is 1.44 bits per heavy atom. The first-order valence-corrected chi connectivity index (χ1v) is 6.31. The van der Waals surface area contributed by atoms with Crippen LogP contribution in [0.5, 0.6) is 5.75 Å². The van der Waals surface area contributed by atoms with Crippen LogP contribution in [0.3, 0.4) is 0 Å².